The van der Waals surface area contributed by atoms with Gasteiger partial charge in [0.05, 0.1) is 5.39 Å². The number of benzene rings is 3. The fourth-order valence-electron chi connectivity index (χ4n) is 3.20. The average Bonchev–Trinajstić information content (AvgIpc) is 2.65. The van der Waals surface area contributed by atoms with E-state index < -0.39 is 0 Å². The minimum absolute atomic E-state index is 0.295. The molecule has 4 aromatic rings. The summed E-state index contributed by atoms with van der Waals surface area (Å²) < 4.78 is 5.80. The van der Waals surface area contributed by atoms with Gasteiger partial charge in [-0.1, -0.05) is 66.7 Å². The van der Waals surface area contributed by atoms with E-state index in [1.165, 1.54) is 0 Å². The topological polar surface area (TPSA) is 30.2 Å². The third-order valence-corrected chi connectivity index (χ3v) is 4.64. The van der Waals surface area contributed by atoms with Gasteiger partial charge in [0.15, 0.2) is 0 Å². The predicted octanol–water partition coefficient (Wildman–Crippen LogP) is 5.74. The Bertz CT molecular complexity index is 1110. The van der Waals surface area contributed by atoms with Crippen molar-refractivity contribution >= 4 is 10.8 Å². The van der Waals surface area contributed by atoms with Gasteiger partial charge in [-0.05, 0) is 36.6 Å². The number of hydrogen-bond acceptors (Lipinski definition) is 2. The molecule has 2 heteroatoms. The van der Waals surface area contributed by atoms with Gasteiger partial charge in [0.1, 0.15) is 5.76 Å². The first-order chi connectivity index (χ1) is 12.1. The largest absolute Gasteiger partial charge is 0.422 e. The molecule has 0 aliphatic rings. The Hall–Kier alpha value is -3.13. The van der Waals surface area contributed by atoms with E-state index in [9.17, 15) is 4.79 Å². The molecule has 0 N–H and O–H groups in total. The molecule has 0 aliphatic carbocycles. The van der Waals surface area contributed by atoms with Crippen molar-refractivity contribution < 1.29 is 4.42 Å². The summed E-state index contributed by atoms with van der Waals surface area (Å²) in [4.78, 5) is 12.7. The average molecular weight is 326 g/mol. The van der Waals surface area contributed by atoms with E-state index in [2.05, 4.69) is 25.1 Å². The van der Waals surface area contributed by atoms with E-state index >= 15 is 0 Å². The van der Waals surface area contributed by atoms with Gasteiger partial charge in [0.2, 0.25) is 0 Å². The Morgan fingerprint density at radius 3 is 1.80 bits per heavy atom. The first-order valence-corrected chi connectivity index (χ1v) is 8.34. The van der Waals surface area contributed by atoms with Gasteiger partial charge in [0, 0.05) is 16.5 Å². The number of rotatable bonds is 2. The van der Waals surface area contributed by atoms with Crippen molar-refractivity contribution in [3.05, 3.63) is 94.3 Å². The van der Waals surface area contributed by atoms with Crippen LogP contribution in [0.4, 0.5) is 0 Å². The maximum absolute atomic E-state index is 12.7. The van der Waals surface area contributed by atoms with Gasteiger partial charge < -0.3 is 4.42 Å². The molecule has 1 heterocycles. The molecule has 0 aliphatic heterocycles. The summed E-state index contributed by atoms with van der Waals surface area (Å²) in [5, 5.41) is 1.56. The SMILES string of the molecule is Cc1cc2c(-c3ccccc3)c(-c3ccccc3)oc(=O)c2cc1C. The molecule has 2 nitrogen and oxygen atoms in total. The third kappa shape index (κ3) is 2.66. The fourth-order valence-corrected chi connectivity index (χ4v) is 3.20. The molecule has 3 aromatic carbocycles. The van der Waals surface area contributed by atoms with Gasteiger partial charge in [-0.25, -0.2) is 4.79 Å². The van der Waals surface area contributed by atoms with Gasteiger partial charge in [-0.2, -0.15) is 0 Å². The van der Waals surface area contributed by atoms with Crippen LogP contribution in [0.2, 0.25) is 0 Å². The molecule has 0 amide bonds. The maximum Gasteiger partial charge on any atom is 0.344 e. The lowest BCUT2D eigenvalue weighted by Gasteiger charge is -2.13. The van der Waals surface area contributed by atoms with Gasteiger partial charge in [-0.3, -0.25) is 0 Å². The normalized spacial score (nSPS) is 11.0. The van der Waals surface area contributed by atoms with Gasteiger partial charge in [-0.15, -0.1) is 0 Å². The summed E-state index contributed by atoms with van der Waals surface area (Å²) in [5.74, 6) is 0.618. The first kappa shape index (κ1) is 15.4. The lowest BCUT2D eigenvalue weighted by atomic mass is 9.93. The summed E-state index contributed by atoms with van der Waals surface area (Å²) in [6.45, 7) is 4.09. The minimum atomic E-state index is -0.295. The minimum Gasteiger partial charge on any atom is -0.422 e. The standard InChI is InChI=1S/C23H18O2/c1-15-13-19-20(14-16(15)2)23(24)25-22(18-11-7-4-8-12-18)21(19)17-9-5-3-6-10-17/h3-14H,1-2H3. The second kappa shape index (κ2) is 6.06. The lowest BCUT2D eigenvalue weighted by molar-refractivity contribution is 0.536. The molecule has 0 unspecified atom stereocenters. The molecule has 0 radical (unpaired) electrons. The van der Waals surface area contributed by atoms with Crippen LogP contribution in [0, 0.1) is 13.8 Å². The Balaban J connectivity index is 2.19. The van der Waals surface area contributed by atoms with Crippen LogP contribution < -0.4 is 5.63 Å². The smallest absolute Gasteiger partial charge is 0.344 e. The van der Waals surface area contributed by atoms with E-state index in [4.69, 9.17) is 4.42 Å². The number of aryl methyl sites for hydroxylation is 2. The molecule has 0 fully saturated rings. The molecular formula is C23H18O2. The van der Waals surface area contributed by atoms with Gasteiger partial charge in [0.25, 0.3) is 0 Å². The zero-order valence-corrected chi connectivity index (χ0v) is 14.2. The van der Waals surface area contributed by atoms with E-state index in [-0.39, 0.29) is 5.63 Å². The molecule has 25 heavy (non-hydrogen) atoms. The van der Waals surface area contributed by atoms with Crippen LogP contribution in [0.3, 0.4) is 0 Å². The number of hydrogen-bond donors (Lipinski definition) is 0. The maximum atomic E-state index is 12.7. The Labute approximate surface area is 146 Å². The molecule has 0 spiro atoms. The fraction of sp³-hybridized carbons (Fsp3) is 0.0870. The van der Waals surface area contributed by atoms with Crippen LogP contribution in [-0.2, 0) is 0 Å². The van der Waals surface area contributed by atoms with Crippen molar-refractivity contribution in [3.63, 3.8) is 0 Å². The highest BCUT2D eigenvalue weighted by Gasteiger charge is 2.17. The van der Waals surface area contributed by atoms with E-state index in [1.54, 1.807) is 0 Å². The van der Waals surface area contributed by atoms with Crippen molar-refractivity contribution in [2.45, 2.75) is 13.8 Å². The molecule has 0 bridgehead atoms. The molecule has 1 aromatic heterocycles. The molecule has 0 atom stereocenters. The molecule has 0 saturated heterocycles. The Kier molecular flexibility index (Phi) is 3.73. The molecule has 0 saturated carbocycles. The second-order valence-electron chi connectivity index (χ2n) is 6.31. The van der Waals surface area contributed by atoms with Crippen LogP contribution in [0.15, 0.2) is 82.0 Å². The van der Waals surface area contributed by atoms with Crippen molar-refractivity contribution in [2.75, 3.05) is 0 Å². The van der Waals surface area contributed by atoms with E-state index in [0.717, 1.165) is 33.2 Å². The predicted molar refractivity (Wildman–Crippen MR) is 103 cm³/mol. The van der Waals surface area contributed by atoms with Crippen molar-refractivity contribution in [3.8, 4) is 22.5 Å². The highest BCUT2D eigenvalue weighted by molar-refractivity contribution is 6.02. The number of fused-ring (bicyclic) bond motifs is 1. The summed E-state index contributed by atoms with van der Waals surface area (Å²) in [6, 6.07) is 23.9. The van der Waals surface area contributed by atoms with Crippen LogP contribution in [0.1, 0.15) is 11.1 Å². The van der Waals surface area contributed by atoms with E-state index in [1.807, 2.05) is 61.5 Å². The lowest BCUT2D eigenvalue weighted by Crippen LogP contribution is -2.04. The summed E-state index contributed by atoms with van der Waals surface area (Å²) >= 11 is 0. The van der Waals surface area contributed by atoms with E-state index in [0.29, 0.717) is 11.1 Å². The molecule has 122 valence electrons. The first-order valence-electron chi connectivity index (χ1n) is 8.34. The van der Waals surface area contributed by atoms with Crippen LogP contribution >= 0.6 is 0 Å². The Morgan fingerprint density at radius 2 is 1.20 bits per heavy atom. The highest BCUT2D eigenvalue weighted by atomic mass is 16.4. The highest BCUT2D eigenvalue weighted by Crippen LogP contribution is 2.37. The molecular weight excluding hydrogens is 308 g/mol. The van der Waals surface area contributed by atoms with Crippen molar-refractivity contribution in [2.24, 2.45) is 0 Å². The molecule has 4 rings (SSSR count). The van der Waals surface area contributed by atoms with Crippen molar-refractivity contribution in [1.82, 2.24) is 0 Å². The van der Waals surface area contributed by atoms with Gasteiger partial charge >= 0.3 is 5.63 Å². The quantitative estimate of drug-likeness (QED) is 0.470. The monoisotopic (exact) mass is 326 g/mol. The zero-order chi connectivity index (χ0) is 17.4. The van der Waals surface area contributed by atoms with Crippen molar-refractivity contribution in [1.29, 1.82) is 0 Å². The third-order valence-electron chi connectivity index (χ3n) is 4.64. The van der Waals surface area contributed by atoms with Crippen LogP contribution in [0.25, 0.3) is 33.2 Å². The Morgan fingerprint density at radius 1 is 0.680 bits per heavy atom. The summed E-state index contributed by atoms with van der Waals surface area (Å²) in [5.41, 5.74) is 4.86. The summed E-state index contributed by atoms with van der Waals surface area (Å²) in [6.07, 6.45) is 0. The zero-order valence-electron chi connectivity index (χ0n) is 14.2. The van der Waals surface area contributed by atoms with Crippen LogP contribution in [-0.4, -0.2) is 0 Å². The summed E-state index contributed by atoms with van der Waals surface area (Å²) in [7, 11) is 0. The van der Waals surface area contributed by atoms with Crippen LogP contribution in [0.5, 0.6) is 0 Å². The second-order valence-corrected chi connectivity index (χ2v) is 6.31.